The van der Waals surface area contributed by atoms with Crippen LogP contribution in [0, 0.1) is 6.92 Å². The first-order chi connectivity index (χ1) is 8.11. The van der Waals surface area contributed by atoms with Gasteiger partial charge in [-0.05, 0) is 29.9 Å². The van der Waals surface area contributed by atoms with Gasteiger partial charge in [0.05, 0.1) is 33.1 Å². The number of nitrogens with zero attached hydrogens (tertiary/aromatic N) is 3. The molecule has 0 amide bonds. The number of halogens is 1. The molecule has 1 unspecified atom stereocenters. The molecule has 1 atom stereocenters. The zero-order valence-electron chi connectivity index (χ0n) is 10.1. The van der Waals surface area contributed by atoms with Crippen molar-refractivity contribution >= 4 is 27.3 Å². The summed E-state index contributed by atoms with van der Waals surface area (Å²) < 4.78 is 2.93. The molecule has 6 heteroatoms. The molecule has 0 fully saturated rings. The highest BCUT2D eigenvalue weighted by atomic mass is 79.9. The number of nitrogens with one attached hydrogen (secondary N) is 1. The zero-order chi connectivity index (χ0) is 12.4. The molecule has 0 aliphatic rings. The normalized spacial score (nSPS) is 12.9. The Morgan fingerprint density at radius 2 is 2.35 bits per heavy atom. The molecule has 0 aliphatic heterocycles. The molecule has 0 saturated heterocycles. The number of aromatic nitrogens is 3. The van der Waals surface area contributed by atoms with Crippen LogP contribution in [0.15, 0.2) is 16.0 Å². The molecule has 17 heavy (non-hydrogen) atoms. The van der Waals surface area contributed by atoms with Gasteiger partial charge in [-0.25, -0.2) is 4.98 Å². The Morgan fingerprint density at radius 3 is 2.82 bits per heavy atom. The minimum absolute atomic E-state index is 0.221. The number of thiazole rings is 1. The maximum atomic E-state index is 4.50. The third-order valence-electron chi connectivity index (χ3n) is 2.70. The fourth-order valence-electron chi connectivity index (χ4n) is 1.86. The summed E-state index contributed by atoms with van der Waals surface area (Å²) in [6, 6.07) is 0.221. The molecule has 0 bridgehead atoms. The van der Waals surface area contributed by atoms with E-state index in [-0.39, 0.29) is 6.04 Å². The van der Waals surface area contributed by atoms with Gasteiger partial charge in [0.2, 0.25) is 0 Å². The highest BCUT2D eigenvalue weighted by Crippen LogP contribution is 2.25. The standard InChI is InChI=1S/C11H15BrN4S/c1-7-15-8(6-17-7)4-10(13-2)11-9(12)5-14-16(11)3/h5-6,10,13H,4H2,1-3H3. The lowest BCUT2D eigenvalue weighted by molar-refractivity contribution is 0.531. The number of likely N-dealkylation sites (N-methyl/N-ethyl adjacent to an activating group) is 1. The average molecular weight is 315 g/mol. The van der Waals surface area contributed by atoms with Crippen LogP contribution in [0.3, 0.4) is 0 Å². The second-order valence-electron chi connectivity index (χ2n) is 3.90. The van der Waals surface area contributed by atoms with E-state index in [1.54, 1.807) is 11.3 Å². The minimum Gasteiger partial charge on any atom is -0.311 e. The van der Waals surface area contributed by atoms with E-state index in [4.69, 9.17) is 0 Å². The Kier molecular flexibility index (Phi) is 3.96. The van der Waals surface area contributed by atoms with Crippen LogP contribution in [-0.4, -0.2) is 21.8 Å². The summed E-state index contributed by atoms with van der Waals surface area (Å²) in [6.07, 6.45) is 2.70. The predicted molar refractivity (Wildman–Crippen MR) is 73.3 cm³/mol. The second kappa shape index (κ2) is 5.29. The van der Waals surface area contributed by atoms with Gasteiger partial charge in [-0.3, -0.25) is 4.68 Å². The van der Waals surface area contributed by atoms with Gasteiger partial charge in [0.25, 0.3) is 0 Å². The lowest BCUT2D eigenvalue weighted by Gasteiger charge is -2.16. The first-order valence-corrected chi connectivity index (χ1v) is 7.04. The topological polar surface area (TPSA) is 42.7 Å². The van der Waals surface area contributed by atoms with Crippen molar-refractivity contribution in [1.29, 1.82) is 0 Å². The summed E-state index contributed by atoms with van der Waals surface area (Å²) >= 11 is 5.23. The van der Waals surface area contributed by atoms with E-state index in [0.717, 1.165) is 27.3 Å². The Bertz CT molecular complexity index is 486. The van der Waals surface area contributed by atoms with E-state index in [9.17, 15) is 0 Å². The Hall–Kier alpha value is -0.720. The van der Waals surface area contributed by atoms with Gasteiger partial charge in [-0.15, -0.1) is 11.3 Å². The minimum atomic E-state index is 0.221. The van der Waals surface area contributed by atoms with E-state index in [0.29, 0.717) is 0 Å². The lowest BCUT2D eigenvalue weighted by Crippen LogP contribution is -2.22. The molecule has 0 spiro atoms. The molecule has 2 aromatic rings. The van der Waals surface area contributed by atoms with Crippen LogP contribution in [0.5, 0.6) is 0 Å². The molecule has 0 aromatic carbocycles. The molecule has 0 aliphatic carbocycles. The van der Waals surface area contributed by atoms with Crippen molar-refractivity contribution in [2.24, 2.45) is 7.05 Å². The first kappa shape index (κ1) is 12.7. The molecule has 2 rings (SSSR count). The van der Waals surface area contributed by atoms with E-state index < -0.39 is 0 Å². The monoisotopic (exact) mass is 314 g/mol. The van der Waals surface area contributed by atoms with Crippen molar-refractivity contribution in [2.45, 2.75) is 19.4 Å². The van der Waals surface area contributed by atoms with Crippen LogP contribution in [0.1, 0.15) is 22.4 Å². The highest BCUT2D eigenvalue weighted by molar-refractivity contribution is 9.10. The molecule has 1 N–H and O–H groups in total. The fourth-order valence-corrected chi connectivity index (χ4v) is 3.11. The summed E-state index contributed by atoms with van der Waals surface area (Å²) in [6.45, 7) is 2.03. The van der Waals surface area contributed by atoms with Gasteiger partial charge in [0.1, 0.15) is 0 Å². The smallest absolute Gasteiger partial charge is 0.0897 e. The maximum absolute atomic E-state index is 4.50. The molecule has 0 radical (unpaired) electrons. The van der Waals surface area contributed by atoms with Gasteiger partial charge in [-0.2, -0.15) is 5.10 Å². The van der Waals surface area contributed by atoms with Gasteiger partial charge in [0, 0.05) is 18.8 Å². The van der Waals surface area contributed by atoms with Crippen molar-refractivity contribution in [3.63, 3.8) is 0 Å². The zero-order valence-corrected chi connectivity index (χ0v) is 12.5. The van der Waals surface area contributed by atoms with Crippen LogP contribution in [-0.2, 0) is 13.5 Å². The molecule has 2 aromatic heterocycles. The lowest BCUT2D eigenvalue weighted by atomic mass is 10.1. The third-order valence-corrected chi connectivity index (χ3v) is 4.13. The summed E-state index contributed by atoms with van der Waals surface area (Å²) in [7, 11) is 3.92. The molecule has 92 valence electrons. The second-order valence-corrected chi connectivity index (χ2v) is 5.82. The number of hydrogen-bond acceptors (Lipinski definition) is 4. The number of aryl methyl sites for hydroxylation is 2. The SMILES string of the molecule is CNC(Cc1csc(C)n1)c1c(Br)cnn1C. The Balaban J connectivity index is 2.22. The largest absolute Gasteiger partial charge is 0.311 e. The highest BCUT2D eigenvalue weighted by Gasteiger charge is 2.18. The third kappa shape index (κ3) is 2.75. The molecular formula is C11H15BrN4S. The summed E-state index contributed by atoms with van der Waals surface area (Å²) in [5, 5.41) is 10.8. The van der Waals surface area contributed by atoms with Gasteiger partial charge in [-0.1, -0.05) is 0 Å². The number of rotatable bonds is 4. The van der Waals surface area contributed by atoms with Crippen LogP contribution in [0.25, 0.3) is 0 Å². The van der Waals surface area contributed by atoms with Crippen LogP contribution in [0.2, 0.25) is 0 Å². The van der Waals surface area contributed by atoms with Crippen molar-refractivity contribution < 1.29 is 0 Å². The van der Waals surface area contributed by atoms with E-state index >= 15 is 0 Å². The van der Waals surface area contributed by atoms with E-state index in [1.165, 1.54) is 0 Å². The molecule has 0 saturated carbocycles. The van der Waals surface area contributed by atoms with Gasteiger partial charge in [0.15, 0.2) is 0 Å². The fraction of sp³-hybridized carbons (Fsp3) is 0.455. The van der Waals surface area contributed by atoms with Crippen molar-refractivity contribution in [3.05, 3.63) is 32.4 Å². The van der Waals surface area contributed by atoms with Crippen LogP contribution in [0.4, 0.5) is 0 Å². The first-order valence-electron chi connectivity index (χ1n) is 5.37. The number of hydrogen-bond donors (Lipinski definition) is 1. The van der Waals surface area contributed by atoms with E-state index in [2.05, 4.69) is 36.7 Å². The van der Waals surface area contributed by atoms with Crippen molar-refractivity contribution in [1.82, 2.24) is 20.1 Å². The summed E-state index contributed by atoms with van der Waals surface area (Å²) in [5.41, 5.74) is 2.28. The summed E-state index contributed by atoms with van der Waals surface area (Å²) in [5.74, 6) is 0. The van der Waals surface area contributed by atoms with Crippen LogP contribution >= 0.6 is 27.3 Å². The molecular weight excluding hydrogens is 300 g/mol. The average Bonchev–Trinajstić information content (AvgIpc) is 2.84. The summed E-state index contributed by atoms with van der Waals surface area (Å²) in [4.78, 5) is 4.50. The predicted octanol–water partition coefficient (Wildman–Crippen LogP) is 2.45. The quantitative estimate of drug-likeness (QED) is 0.942. The van der Waals surface area contributed by atoms with Crippen LogP contribution < -0.4 is 5.32 Å². The van der Waals surface area contributed by atoms with Crippen molar-refractivity contribution in [3.8, 4) is 0 Å². The van der Waals surface area contributed by atoms with Crippen molar-refractivity contribution in [2.75, 3.05) is 7.05 Å². The Morgan fingerprint density at radius 1 is 1.59 bits per heavy atom. The molecule has 2 heterocycles. The molecule has 4 nitrogen and oxygen atoms in total. The maximum Gasteiger partial charge on any atom is 0.0897 e. The Labute approximate surface area is 113 Å². The van der Waals surface area contributed by atoms with E-state index in [1.807, 2.05) is 31.9 Å². The van der Waals surface area contributed by atoms with Gasteiger partial charge >= 0.3 is 0 Å². The van der Waals surface area contributed by atoms with Gasteiger partial charge < -0.3 is 5.32 Å².